The van der Waals surface area contributed by atoms with Crippen molar-refractivity contribution >= 4 is 35.3 Å². The maximum Gasteiger partial charge on any atom is 0.0525 e. The van der Waals surface area contributed by atoms with Gasteiger partial charge in [-0.05, 0) is 35.9 Å². The summed E-state index contributed by atoms with van der Waals surface area (Å²) in [6.07, 6.45) is 2.49. The number of rotatable bonds is 2. The van der Waals surface area contributed by atoms with Gasteiger partial charge in [-0.3, -0.25) is 0 Å². The number of hydrogen-bond acceptors (Lipinski definition) is 5. The third-order valence-electron chi connectivity index (χ3n) is 2.64. The van der Waals surface area contributed by atoms with Crippen molar-refractivity contribution in [1.29, 1.82) is 0 Å². The Bertz CT molecular complexity index is 161. The predicted molar refractivity (Wildman–Crippen MR) is 77.8 cm³/mol. The molecule has 0 atom stereocenters. The van der Waals surface area contributed by atoms with E-state index in [1.807, 2.05) is 23.5 Å². The molecule has 0 bridgehead atoms. The Kier molecular flexibility index (Phi) is 8.43. The molecular weight excluding hydrogens is 260 g/mol. The lowest BCUT2D eigenvalue weighted by Gasteiger charge is -2.29. The van der Waals surface area contributed by atoms with Crippen molar-refractivity contribution in [2.45, 2.75) is 12.8 Å². The second kappa shape index (κ2) is 8.97. The smallest absolute Gasteiger partial charge is 0.0525 e. The molecule has 0 aromatic carbocycles. The van der Waals surface area contributed by atoms with Crippen LogP contribution in [0.25, 0.3) is 0 Å². The SMILES string of the molecule is OCC1(CO)CSCCCSCCCSC1. The molecule has 0 spiro atoms. The number of aliphatic hydroxyl groups excluding tert-OH is 2. The summed E-state index contributed by atoms with van der Waals surface area (Å²) >= 11 is 5.81. The fourth-order valence-electron chi connectivity index (χ4n) is 1.48. The molecule has 0 saturated carbocycles. The minimum absolute atomic E-state index is 0.109. The Morgan fingerprint density at radius 2 is 1.19 bits per heavy atom. The summed E-state index contributed by atoms with van der Waals surface area (Å²) in [7, 11) is 0. The second-order valence-corrected chi connectivity index (χ2v) is 7.68. The highest BCUT2D eigenvalue weighted by Gasteiger charge is 2.28. The van der Waals surface area contributed by atoms with Gasteiger partial charge in [-0.2, -0.15) is 35.3 Å². The van der Waals surface area contributed by atoms with Crippen LogP contribution >= 0.6 is 35.3 Å². The average Bonchev–Trinajstić information content (AvgIpc) is 2.31. The topological polar surface area (TPSA) is 40.5 Å². The monoisotopic (exact) mass is 282 g/mol. The molecular formula is C11H22O2S3. The Balaban J connectivity index is 2.41. The van der Waals surface area contributed by atoms with E-state index in [4.69, 9.17) is 0 Å². The quantitative estimate of drug-likeness (QED) is 0.810. The molecule has 96 valence electrons. The van der Waals surface area contributed by atoms with Gasteiger partial charge in [0.15, 0.2) is 0 Å². The highest BCUT2D eigenvalue weighted by molar-refractivity contribution is 8.01. The summed E-state index contributed by atoms with van der Waals surface area (Å²) in [5.41, 5.74) is -0.262. The molecule has 0 aliphatic carbocycles. The first-order chi connectivity index (χ1) is 7.83. The van der Waals surface area contributed by atoms with Gasteiger partial charge >= 0.3 is 0 Å². The van der Waals surface area contributed by atoms with E-state index in [9.17, 15) is 10.2 Å². The lowest BCUT2D eigenvalue weighted by atomic mass is 9.96. The van der Waals surface area contributed by atoms with Gasteiger partial charge < -0.3 is 10.2 Å². The van der Waals surface area contributed by atoms with Crippen LogP contribution in [0.3, 0.4) is 0 Å². The summed E-state index contributed by atoms with van der Waals surface area (Å²) in [5, 5.41) is 18.9. The van der Waals surface area contributed by atoms with Crippen LogP contribution in [0.1, 0.15) is 12.8 Å². The zero-order valence-electron chi connectivity index (χ0n) is 9.69. The first-order valence-corrected chi connectivity index (χ1v) is 9.24. The van der Waals surface area contributed by atoms with E-state index in [0.29, 0.717) is 0 Å². The second-order valence-electron chi connectivity index (χ2n) is 4.24. The maximum absolute atomic E-state index is 9.46. The summed E-state index contributed by atoms with van der Waals surface area (Å²) in [6, 6.07) is 0. The molecule has 16 heavy (non-hydrogen) atoms. The van der Waals surface area contributed by atoms with E-state index in [1.54, 1.807) is 0 Å². The van der Waals surface area contributed by atoms with Gasteiger partial charge in [0.05, 0.1) is 13.2 Å². The Morgan fingerprint density at radius 3 is 1.62 bits per heavy atom. The van der Waals surface area contributed by atoms with Crippen LogP contribution in [0.4, 0.5) is 0 Å². The summed E-state index contributed by atoms with van der Waals surface area (Å²) < 4.78 is 0. The van der Waals surface area contributed by atoms with Gasteiger partial charge in [-0.25, -0.2) is 0 Å². The van der Waals surface area contributed by atoms with Gasteiger partial charge in [-0.15, -0.1) is 0 Å². The van der Waals surface area contributed by atoms with Crippen LogP contribution in [0, 0.1) is 5.41 Å². The fourth-order valence-corrected chi connectivity index (χ4v) is 5.30. The normalized spacial score (nSPS) is 24.4. The lowest BCUT2D eigenvalue weighted by Crippen LogP contribution is -2.35. The molecule has 0 unspecified atom stereocenters. The van der Waals surface area contributed by atoms with Crippen molar-refractivity contribution < 1.29 is 10.2 Å². The van der Waals surface area contributed by atoms with E-state index >= 15 is 0 Å². The highest BCUT2D eigenvalue weighted by Crippen LogP contribution is 2.28. The van der Waals surface area contributed by atoms with Crippen LogP contribution in [0.15, 0.2) is 0 Å². The van der Waals surface area contributed by atoms with Crippen molar-refractivity contribution in [3.63, 3.8) is 0 Å². The molecule has 1 rings (SSSR count). The first-order valence-electron chi connectivity index (χ1n) is 5.78. The number of thioether (sulfide) groups is 3. The lowest BCUT2D eigenvalue weighted by molar-refractivity contribution is 0.0933. The molecule has 5 heteroatoms. The molecule has 0 aromatic rings. The predicted octanol–water partition coefficient (Wildman–Crippen LogP) is 1.95. The zero-order valence-corrected chi connectivity index (χ0v) is 12.1. The minimum Gasteiger partial charge on any atom is -0.396 e. The van der Waals surface area contributed by atoms with Gasteiger partial charge in [0.25, 0.3) is 0 Å². The molecule has 2 nitrogen and oxygen atoms in total. The molecule has 1 heterocycles. The van der Waals surface area contributed by atoms with E-state index in [1.165, 1.54) is 24.3 Å². The third kappa shape index (κ3) is 5.54. The Hall–Kier alpha value is 0.970. The van der Waals surface area contributed by atoms with Gasteiger partial charge in [0.2, 0.25) is 0 Å². The van der Waals surface area contributed by atoms with Crippen LogP contribution in [-0.2, 0) is 0 Å². The third-order valence-corrected chi connectivity index (χ3v) is 6.58. The maximum atomic E-state index is 9.46. The molecule has 2 N–H and O–H groups in total. The fraction of sp³-hybridized carbons (Fsp3) is 1.00. The molecule has 1 fully saturated rings. The van der Waals surface area contributed by atoms with Crippen LogP contribution < -0.4 is 0 Å². The van der Waals surface area contributed by atoms with E-state index in [-0.39, 0.29) is 18.6 Å². The molecule has 1 aliphatic heterocycles. The number of hydrogen-bond donors (Lipinski definition) is 2. The van der Waals surface area contributed by atoms with Gasteiger partial charge in [-0.1, -0.05) is 0 Å². The van der Waals surface area contributed by atoms with E-state index in [2.05, 4.69) is 11.8 Å². The van der Waals surface area contributed by atoms with Crippen molar-refractivity contribution in [2.24, 2.45) is 5.41 Å². The summed E-state index contributed by atoms with van der Waals surface area (Å²) in [4.78, 5) is 0. The molecule has 0 radical (unpaired) electrons. The number of aliphatic hydroxyl groups is 2. The van der Waals surface area contributed by atoms with Crippen LogP contribution in [-0.4, -0.2) is 57.9 Å². The van der Waals surface area contributed by atoms with E-state index < -0.39 is 0 Å². The van der Waals surface area contributed by atoms with Crippen molar-refractivity contribution in [3.8, 4) is 0 Å². The van der Waals surface area contributed by atoms with Crippen LogP contribution in [0.5, 0.6) is 0 Å². The zero-order chi connectivity index (χ0) is 11.7. The van der Waals surface area contributed by atoms with Crippen molar-refractivity contribution in [1.82, 2.24) is 0 Å². The molecule has 0 amide bonds. The van der Waals surface area contributed by atoms with Crippen molar-refractivity contribution in [3.05, 3.63) is 0 Å². The van der Waals surface area contributed by atoms with Crippen LogP contribution in [0.2, 0.25) is 0 Å². The Morgan fingerprint density at radius 1 is 0.750 bits per heavy atom. The van der Waals surface area contributed by atoms with Gasteiger partial charge in [0.1, 0.15) is 0 Å². The minimum atomic E-state index is -0.262. The summed E-state index contributed by atoms with van der Waals surface area (Å²) in [5.74, 6) is 6.58. The highest BCUT2D eigenvalue weighted by atomic mass is 32.2. The molecule has 1 saturated heterocycles. The van der Waals surface area contributed by atoms with Crippen molar-refractivity contribution in [2.75, 3.05) is 47.7 Å². The first kappa shape index (κ1) is 15.0. The average molecular weight is 282 g/mol. The molecule has 0 aromatic heterocycles. The Labute approximate surface area is 111 Å². The standard InChI is InChI=1S/C11H22O2S3/c12-7-11(8-13)9-15-5-1-3-14-4-2-6-16-10-11/h12-13H,1-10H2. The summed E-state index contributed by atoms with van der Waals surface area (Å²) in [6.45, 7) is 0.219. The largest absolute Gasteiger partial charge is 0.396 e. The van der Waals surface area contributed by atoms with Gasteiger partial charge in [0, 0.05) is 16.9 Å². The van der Waals surface area contributed by atoms with E-state index in [0.717, 1.165) is 23.0 Å². The molecule has 1 aliphatic rings.